The molecule has 0 amide bonds. The normalized spacial score (nSPS) is 10.5. The number of non-ortho nitro benzene ring substituents is 1. The van der Waals surface area contributed by atoms with Crippen LogP contribution in [0.5, 0.6) is 0 Å². The number of aromatic nitrogens is 2. The number of oxazole rings is 1. The van der Waals surface area contributed by atoms with Gasteiger partial charge in [0.25, 0.3) is 5.69 Å². The van der Waals surface area contributed by atoms with Crippen LogP contribution < -0.4 is 28.5 Å². The van der Waals surface area contributed by atoms with E-state index in [0.29, 0.717) is 17.0 Å². The number of fused-ring (bicyclic) bond motifs is 1. The number of hydrogen-bond acceptors (Lipinski definition) is 4. The molecule has 0 atom stereocenters. The second kappa shape index (κ2) is 6.69. The summed E-state index contributed by atoms with van der Waals surface area (Å²) in [4.78, 5) is 14.7. The molecule has 0 aliphatic rings. The van der Waals surface area contributed by atoms with Crippen LogP contribution in [0.15, 0.2) is 45.5 Å². The molecule has 0 N–H and O–H groups in total. The maximum atomic E-state index is 10.8. The first-order valence-electron chi connectivity index (χ1n) is 6.32. The zero-order valence-corrected chi connectivity index (χ0v) is 15.2. The van der Waals surface area contributed by atoms with Gasteiger partial charge in [0, 0.05) is 12.1 Å². The summed E-state index contributed by atoms with van der Waals surface area (Å²) >= 11 is 3.45. The van der Waals surface area contributed by atoms with Crippen LogP contribution >= 0.6 is 15.9 Å². The smallest absolute Gasteiger partial charge is 0.271 e. The molecule has 3 rings (SSSR count). The van der Waals surface area contributed by atoms with Crippen LogP contribution in [0.3, 0.4) is 0 Å². The minimum atomic E-state index is -0.446. The number of aryl methyl sites for hydroxylation is 1. The number of rotatable bonds is 3. The summed E-state index contributed by atoms with van der Waals surface area (Å²) in [5, 5.41) is 10.8. The Labute approximate surface area is 151 Å². The molecule has 0 radical (unpaired) electrons. The molecule has 0 aliphatic carbocycles. The van der Waals surface area contributed by atoms with Gasteiger partial charge >= 0.3 is 0 Å². The van der Waals surface area contributed by atoms with Gasteiger partial charge in [0.05, 0.1) is 9.40 Å². The average molecular weight is 476 g/mol. The van der Waals surface area contributed by atoms with Gasteiger partial charge in [-0.1, -0.05) is 0 Å². The van der Waals surface area contributed by atoms with Crippen LogP contribution in [0, 0.1) is 10.1 Å². The van der Waals surface area contributed by atoms with E-state index in [0.717, 1.165) is 16.6 Å². The van der Waals surface area contributed by atoms with E-state index in [1.54, 1.807) is 6.07 Å². The fourth-order valence-corrected chi connectivity index (χ4v) is 2.56. The molecular formula is C14H11BrIN3O3. The van der Waals surface area contributed by atoms with E-state index in [1.165, 1.54) is 12.1 Å². The lowest BCUT2D eigenvalue weighted by molar-refractivity contribution is -0.693. The predicted octanol–water partition coefficient (Wildman–Crippen LogP) is 0.477. The molecule has 2 aromatic heterocycles. The summed E-state index contributed by atoms with van der Waals surface area (Å²) in [6, 6.07) is 6.28. The molecule has 0 fully saturated rings. The number of nitro groups is 1. The highest BCUT2D eigenvalue weighted by molar-refractivity contribution is 9.10. The SMILES string of the molecule is CC[n+]1cc(Br)cc(-c2nc3cc([N+](=O)[O-])ccc3o2)c1.[I-]. The van der Waals surface area contributed by atoms with Crippen molar-refractivity contribution in [1.29, 1.82) is 0 Å². The molecule has 0 unspecified atom stereocenters. The number of pyridine rings is 1. The fraction of sp³-hybridized carbons (Fsp3) is 0.143. The van der Waals surface area contributed by atoms with Crippen LogP contribution in [0.4, 0.5) is 5.69 Å². The number of halogens is 2. The lowest BCUT2D eigenvalue weighted by Crippen LogP contribution is -3.00. The number of hydrogen-bond donors (Lipinski definition) is 0. The highest BCUT2D eigenvalue weighted by Gasteiger charge is 2.15. The van der Waals surface area contributed by atoms with Gasteiger partial charge in [-0.05, 0) is 35.0 Å². The van der Waals surface area contributed by atoms with E-state index in [9.17, 15) is 10.1 Å². The Morgan fingerprint density at radius 2 is 2.14 bits per heavy atom. The van der Waals surface area contributed by atoms with Gasteiger partial charge in [-0.25, -0.2) is 9.55 Å². The van der Waals surface area contributed by atoms with Crippen molar-refractivity contribution in [3.05, 3.63) is 51.2 Å². The second-order valence-corrected chi connectivity index (χ2v) is 5.42. The van der Waals surface area contributed by atoms with E-state index in [4.69, 9.17) is 4.42 Å². The Morgan fingerprint density at radius 3 is 2.82 bits per heavy atom. The highest BCUT2D eigenvalue weighted by atomic mass is 127. The monoisotopic (exact) mass is 475 g/mol. The molecule has 0 aliphatic heterocycles. The fourth-order valence-electron chi connectivity index (χ4n) is 2.05. The summed E-state index contributed by atoms with van der Waals surface area (Å²) in [7, 11) is 0. The van der Waals surface area contributed by atoms with Crippen molar-refractivity contribution in [3.8, 4) is 11.5 Å². The molecule has 114 valence electrons. The highest BCUT2D eigenvalue weighted by Crippen LogP contribution is 2.27. The van der Waals surface area contributed by atoms with E-state index in [1.807, 2.05) is 30.0 Å². The first-order chi connectivity index (χ1) is 10.1. The molecule has 0 saturated carbocycles. The molecular weight excluding hydrogens is 465 g/mol. The van der Waals surface area contributed by atoms with Gasteiger partial charge in [0.15, 0.2) is 18.0 Å². The molecule has 1 aromatic carbocycles. The van der Waals surface area contributed by atoms with Crippen molar-refractivity contribution < 1.29 is 37.9 Å². The zero-order valence-electron chi connectivity index (χ0n) is 11.5. The molecule has 0 spiro atoms. The Balaban J connectivity index is 0.00000176. The largest absolute Gasteiger partial charge is 1.00 e. The van der Waals surface area contributed by atoms with Crippen molar-refractivity contribution in [2.45, 2.75) is 13.5 Å². The van der Waals surface area contributed by atoms with Gasteiger partial charge < -0.3 is 28.4 Å². The Kier molecular flexibility index (Phi) is 5.12. The van der Waals surface area contributed by atoms with Gasteiger partial charge in [0.1, 0.15) is 17.6 Å². The lowest BCUT2D eigenvalue weighted by atomic mass is 10.3. The molecule has 2 heterocycles. The van der Waals surface area contributed by atoms with Crippen molar-refractivity contribution in [3.63, 3.8) is 0 Å². The first-order valence-corrected chi connectivity index (χ1v) is 7.11. The predicted molar refractivity (Wildman–Crippen MR) is 79.7 cm³/mol. The number of benzene rings is 1. The summed E-state index contributed by atoms with van der Waals surface area (Å²) in [6.45, 7) is 2.85. The van der Waals surface area contributed by atoms with Gasteiger partial charge in [-0.3, -0.25) is 10.1 Å². The van der Waals surface area contributed by atoms with Crippen molar-refractivity contribution in [2.75, 3.05) is 0 Å². The zero-order chi connectivity index (χ0) is 15.0. The van der Waals surface area contributed by atoms with Crippen LogP contribution in [-0.4, -0.2) is 9.91 Å². The van der Waals surface area contributed by atoms with Crippen LogP contribution in [-0.2, 0) is 6.54 Å². The van der Waals surface area contributed by atoms with Crippen molar-refractivity contribution in [1.82, 2.24) is 4.98 Å². The topological polar surface area (TPSA) is 73.0 Å². The third-order valence-corrected chi connectivity index (χ3v) is 3.52. The Bertz CT molecular complexity index is 850. The van der Waals surface area contributed by atoms with E-state index in [2.05, 4.69) is 20.9 Å². The third kappa shape index (κ3) is 3.27. The van der Waals surface area contributed by atoms with Gasteiger partial charge in [-0.2, -0.15) is 0 Å². The summed E-state index contributed by atoms with van der Waals surface area (Å²) in [6.07, 6.45) is 3.88. The molecule has 0 saturated heterocycles. The van der Waals surface area contributed by atoms with E-state index in [-0.39, 0.29) is 29.7 Å². The summed E-state index contributed by atoms with van der Waals surface area (Å²) < 4.78 is 8.58. The number of nitrogens with zero attached hydrogens (tertiary/aromatic N) is 3. The number of nitro benzene ring substituents is 1. The van der Waals surface area contributed by atoms with E-state index >= 15 is 0 Å². The minimum Gasteiger partial charge on any atom is -1.00 e. The molecule has 3 aromatic rings. The van der Waals surface area contributed by atoms with Crippen LogP contribution in [0.2, 0.25) is 0 Å². The van der Waals surface area contributed by atoms with Crippen molar-refractivity contribution in [2.24, 2.45) is 0 Å². The van der Waals surface area contributed by atoms with E-state index < -0.39 is 4.92 Å². The summed E-state index contributed by atoms with van der Waals surface area (Å²) in [5.74, 6) is 0.439. The molecule has 6 nitrogen and oxygen atoms in total. The Hall–Kier alpha value is -1.55. The molecule has 22 heavy (non-hydrogen) atoms. The Morgan fingerprint density at radius 1 is 1.36 bits per heavy atom. The van der Waals surface area contributed by atoms with Crippen molar-refractivity contribution >= 4 is 32.7 Å². The van der Waals surface area contributed by atoms with Gasteiger partial charge in [-0.15, -0.1) is 0 Å². The second-order valence-electron chi connectivity index (χ2n) is 4.50. The van der Waals surface area contributed by atoms with Crippen LogP contribution in [0.25, 0.3) is 22.6 Å². The standard InChI is InChI=1S/C14H11BrN3O3.HI/c1-2-17-7-9(5-10(15)8-17)14-16-12-6-11(18(19)20)3-4-13(12)21-14;/h3-8H,2H2,1H3;1H/q+1;/p-1. The summed E-state index contributed by atoms with van der Waals surface area (Å²) in [5.41, 5.74) is 1.81. The third-order valence-electron chi connectivity index (χ3n) is 3.08. The molecule has 8 heteroatoms. The maximum Gasteiger partial charge on any atom is 0.271 e. The average Bonchev–Trinajstić information content (AvgIpc) is 2.89. The van der Waals surface area contributed by atoms with Gasteiger partial charge in [0.2, 0.25) is 5.89 Å². The lowest BCUT2D eigenvalue weighted by Gasteiger charge is -1.96. The maximum absolute atomic E-state index is 10.8. The van der Waals surface area contributed by atoms with Crippen LogP contribution in [0.1, 0.15) is 6.92 Å². The molecule has 0 bridgehead atoms. The quantitative estimate of drug-likeness (QED) is 0.239. The minimum absolute atomic E-state index is 0. The first kappa shape index (κ1) is 16.8.